The molecule has 0 saturated heterocycles. The Morgan fingerprint density at radius 2 is 1.06 bits per heavy atom. The number of rotatable bonds is 3. The Kier molecular flexibility index (Phi) is 5.74. The largest absolute Gasteiger partial charge is 0.137 e. The van der Waals surface area contributed by atoms with Crippen LogP contribution in [0.15, 0.2) is 0 Å². The second-order valence-electron chi connectivity index (χ2n) is 8.95. The zero-order valence-corrected chi connectivity index (χ0v) is 14.8. The van der Waals surface area contributed by atoms with Crippen molar-refractivity contribution in [1.29, 1.82) is 0 Å². The quantitative estimate of drug-likeness (QED) is 0.576. The SMILES string of the molecule is CC(C)(C)CC(C(CP)C(C)(C)C)C(C)(C)C. The van der Waals surface area contributed by atoms with E-state index >= 15 is 0 Å². The predicted molar refractivity (Wildman–Crippen MR) is 84.5 cm³/mol. The van der Waals surface area contributed by atoms with Crippen molar-refractivity contribution >= 4 is 9.24 Å². The first-order valence-corrected chi connectivity index (χ1v) is 7.81. The first-order valence-electron chi connectivity index (χ1n) is 6.99. The van der Waals surface area contributed by atoms with E-state index in [0.717, 1.165) is 11.8 Å². The van der Waals surface area contributed by atoms with Crippen LogP contribution < -0.4 is 0 Å². The highest BCUT2D eigenvalue weighted by Crippen LogP contribution is 2.47. The first-order chi connectivity index (χ1) is 7.29. The molecule has 0 fully saturated rings. The van der Waals surface area contributed by atoms with Gasteiger partial charge >= 0.3 is 0 Å². The maximum Gasteiger partial charge on any atom is -0.0297 e. The molecule has 0 heterocycles. The molecule has 0 aromatic heterocycles. The Labute approximate surface area is 113 Å². The molecule has 0 amide bonds. The molecule has 0 aliphatic carbocycles. The van der Waals surface area contributed by atoms with Gasteiger partial charge in [-0.2, -0.15) is 0 Å². The second-order valence-corrected chi connectivity index (χ2v) is 9.42. The minimum Gasteiger partial charge on any atom is -0.137 e. The average molecular weight is 258 g/mol. The van der Waals surface area contributed by atoms with Crippen LogP contribution in [0.2, 0.25) is 0 Å². The highest BCUT2D eigenvalue weighted by molar-refractivity contribution is 7.16. The fraction of sp³-hybridized carbons (Fsp3) is 1.00. The zero-order chi connectivity index (χ0) is 14.1. The summed E-state index contributed by atoms with van der Waals surface area (Å²) in [4.78, 5) is 0. The lowest BCUT2D eigenvalue weighted by molar-refractivity contribution is 0.0530. The van der Waals surface area contributed by atoms with Gasteiger partial charge in [-0.15, -0.1) is 9.24 Å². The summed E-state index contributed by atoms with van der Waals surface area (Å²) >= 11 is 0. The standard InChI is InChI=1S/C16H35P/c1-14(2,3)10-12(15(4,5)6)13(11-17)16(7,8)9/h12-13H,10-11,17H2,1-9H3. The van der Waals surface area contributed by atoms with Crippen LogP contribution in [0.25, 0.3) is 0 Å². The Bertz CT molecular complexity index is 221. The molecule has 0 N–H and O–H groups in total. The summed E-state index contributed by atoms with van der Waals surface area (Å²) in [5, 5.41) is 0. The van der Waals surface area contributed by atoms with Crippen LogP contribution in [-0.2, 0) is 0 Å². The minimum atomic E-state index is 0.391. The van der Waals surface area contributed by atoms with Crippen molar-refractivity contribution < 1.29 is 0 Å². The molecule has 0 aromatic carbocycles. The molecule has 3 atom stereocenters. The minimum absolute atomic E-state index is 0.391. The monoisotopic (exact) mass is 258 g/mol. The fourth-order valence-corrected chi connectivity index (χ4v) is 3.87. The molecule has 0 nitrogen and oxygen atoms in total. The van der Waals surface area contributed by atoms with Crippen LogP contribution in [0.3, 0.4) is 0 Å². The van der Waals surface area contributed by atoms with E-state index in [1.807, 2.05) is 0 Å². The third-order valence-electron chi connectivity index (χ3n) is 3.80. The van der Waals surface area contributed by atoms with Crippen molar-refractivity contribution in [1.82, 2.24) is 0 Å². The van der Waals surface area contributed by atoms with Crippen LogP contribution in [-0.4, -0.2) is 6.16 Å². The van der Waals surface area contributed by atoms with Gasteiger partial charge in [-0.3, -0.25) is 0 Å². The van der Waals surface area contributed by atoms with E-state index in [2.05, 4.69) is 71.6 Å². The third-order valence-corrected chi connectivity index (χ3v) is 4.30. The third kappa shape index (κ3) is 6.23. The summed E-state index contributed by atoms with van der Waals surface area (Å²) in [6.07, 6.45) is 2.52. The van der Waals surface area contributed by atoms with Gasteiger partial charge in [0, 0.05) is 0 Å². The van der Waals surface area contributed by atoms with E-state index in [1.54, 1.807) is 0 Å². The summed E-state index contributed by atoms with van der Waals surface area (Å²) < 4.78 is 0. The van der Waals surface area contributed by atoms with Crippen molar-refractivity contribution in [2.24, 2.45) is 28.1 Å². The van der Waals surface area contributed by atoms with E-state index in [1.165, 1.54) is 12.6 Å². The molecule has 0 spiro atoms. The average Bonchev–Trinajstić information content (AvgIpc) is 1.96. The van der Waals surface area contributed by atoms with Crippen LogP contribution >= 0.6 is 9.24 Å². The molecule has 0 radical (unpaired) electrons. The van der Waals surface area contributed by atoms with Gasteiger partial charge < -0.3 is 0 Å². The topological polar surface area (TPSA) is 0 Å². The van der Waals surface area contributed by atoms with Crippen molar-refractivity contribution in [2.45, 2.75) is 68.7 Å². The molecule has 0 aromatic rings. The fourth-order valence-electron chi connectivity index (χ4n) is 2.83. The van der Waals surface area contributed by atoms with Crippen LogP contribution in [0.4, 0.5) is 0 Å². The van der Waals surface area contributed by atoms with Gasteiger partial charge in [0.15, 0.2) is 0 Å². The normalized spacial score (nSPS) is 18.0. The van der Waals surface area contributed by atoms with Gasteiger partial charge in [0.2, 0.25) is 0 Å². The van der Waals surface area contributed by atoms with Crippen LogP contribution in [0.5, 0.6) is 0 Å². The van der Waals surface area contributed by atoms with Crippen LogP contribution in [0, 0.1) is 28.1 Å². The van der Waals surface area contributed by atoms with E-state index in [9.17, 15) is 0 Å². The van der Waals surface area contributed by atoms with Crippen molar-refractivity contribution in [3.63, 3.8) is 0 Å². The van der Waals surface area contributed by atoms with E-state index in [0.29, 0.717) is 16.2 Å². The molecule has 0 saturated carbocycles. The summed E-state index contributed by atoms with van der Waals surface area (Å²) in [6.45, 7) is 21.5. The van der Waals surface area contributed by atoms with E-state index < -0.39 is 0 Å². The van der Waals surface area contributed by atoms with Crippen molar-refractivity contribution in [2.75, 3.05) is 6.16 Å². The lowest BCUT2D eigenvalue weighted by Crippen LogP contribution is -2.39. The van der Waals surface area contributed by atoms with Gasteiger partial charge in [0.05, 0.1) is 0 Å². The molecule has 0 bridgehead atoms. The molecule has 3 unspecified atom stereocenters. The van der Waals surface area contributed by atoms with Gasteiger partial charge in [-0.05, 0) is 40.7 Å². The highest BCUT2D eigenvalue weighted by atomic mass is 31.0. The predicted octanol–water partition coefficient (Wildman–Crippen LogP) is 5.62. The highest BCUT2D eigenvalue weighted by Gasteiger charge is 2.39. The Balaban J connectivity index is 5.18. The summed E-state index contributed by atoms with van der Waals surface area (Å²) in [6, 6.07) is 0. The zero-order valence-electron chi connectivity index (χ0n) is 13.6. The van der Waals surface area contributed by atoms with Gasteiger partial charge in [0.25, 0.3) is 0 Å². The molecular formula is C16H35P. The molecular weight excluding hydrogens is 223 g/mol. The van der Waals surface area contributed by atoms with E-state index in [4.69, 9.17) is 0 Å². The molecule has 0 rings (SSSR count). The van der Waals surface area contributed by atoms with Gasteiger partial charge in [-0.25, -0.2) is 0 Å². The Hall–Kier alpha value is 0.430. The Morgan fingerprint density at radius 1 is 0.706 bits per heavy atom. The molecule has 104 valence electrons. The second kappa shape index (κ2) is 5.60. The van der Waals surface area contributed by atoms with Gasteiger partial charge in [0.1, 0.15) is 0 Å². The lowest BCUT2D eigenvalue weighted by atomic mass is 9.61. The summed E-state index contributed by atoms with van der Waals surface area (Å²) in [5.74, 6) is 1.55. The molecule has 17 heavy (non-hydrogen) atoms. The first kappa shape index (κ1) is 17.4. The molecule has 1 heteroatoms. The number of hydrogen-bond donors (Lipinski definition) is 0. The van der Waals surface area contributed by atoms with Crippen molar-refractivity contribution in [3.8, 4) is 0 Å². The molecule has 0 aliphatic heterocycles. The number of hydrogen-bond acceptors (Lipinski definition) is 0. The van der Waals surface area contributed by atoms with Gasteiger partial charge in [-0.1, -0.05) is 62.3 Å². The van der Waals surface area contributed by atoms with Crippen LogP contribution in [0.1, 0.15) is 68.7 Å². The lowest BCUT2D eigenvalue weighted by Gasteiger charge is -2.46. The summed E-state index contributed by atoms with van der Waals surface area (Å²) in [7, 11) is 2.98. The maximum atomic E-state index is 2.98. The van der Waals surface area contributed by atoms with Crippen molar-refractivity contribution in [3.05, 3.63) is 0 Å². The smallest absolute Gasteiger partial charge is 0.0297 e. The molecule has 0 aliphatic rings. The van der Waals surface area contributed by atoms with E-state index in [-0.39, 0.29) is 0 Å². The summed E-state index contributed by atoms with van der Waals surface area (Å²) in [5.41, 5.74) is 1.20. The Morgan fingerprint density at radius 3 is 1.24 bits per heavy atom. The maximum absolute atomic E-state index is 2.98.